The van der Waals surface area contributed by atoms with Gasteiger partial charge in [0.15, 0.2) is 0 Å². The van der Waals surface area contributed by atoms with Crippen LogP contribution in [0.2, 0.25) is 0 Å². The van der Waals surface area contributed by atoms with Crippen LogP contribution in [0.1, 0.15) is 58.6 Å². The van der Waals surface area contributed by atoms with E-state index >= 15 is 0 Å². The van der Waals surface area contributed by atoms with E-state index in [1.807, 2.05) is 11.8 Å². The quantitative estimate of drug-likeness (QED) is 0.877. The Labute approximate surface area is 133 Å². The maximum absolute atomic E-state index is 4.39. The van der Waals surface area contributed by atoms with Crippen molar-refractivity contribution >= 4 is 11.8 Å². The fourth-order valence-electron chi connectivity index (χ4n) is 2.59. The third-order valence-corrected chi connectivity index (χ3v) is 5.33. The summed E-state index contributed by atoms with van der Waals surface area (Å²) in [5.41, 5.74) is 0. The van der Waals surface area contributed by atoms with Crippen molar-refractivity contribution in [2.24, 2.45) is 0 Å². The highest BCUT2D eigenvalue weighted by Crippen LogP contribution is 2.23. The van der Waals surface area contributed by atoms with E-state index in [1.54, 1.807) is 0 Å². The molecule has 1 aromatic rings. The van der Waals surface area contributed by atoms with E-state index in [0.717, 1.165) is 37.5 Å². The van der Waals surface area contributed by atoms with Crippen molar-refractivity contribution in [2.45, 2.75) is 77.1 Å². The SMILES string of the molecule is C[C@H](CSC(C)(C)C)NCCc1nnc2n1CCCCC2. The molecule has 120 valence electrons. The van der Waals surface area contributed by atoms with E-state index in [1.165, 1.54) is 25.1 Å². The van der Waals surface area contributed by atoms with Crippen LogP contribution in [0.4, 0.5) is 0 Å². The fraction of sp³-hybridized carbons (Fsp3) is 0.875. The summed E-state index contributed by atoms with van der Waals surface area (Å²) >= 11 is 2.02. The molecule has 0 saturated heterocycles. The first kappa shape index (κ1) is 16.8. The number of thioether (sulfide) groups is 1. The average Bonchev–Trinajstić information content (AvgIpc) is 2.65. The maximum Gasteiger partial charge on any atom is 0.134 e. The molecule has 1 N–H and O–H groups in total. The van der Waals surface area contributed by atoms with Gasteiger partial charge in [-0.2, -0.15) is 11.8 Å². The lowest BCUT2D eigenvalue weighted by Gasteiger charge is -2.21. The zero-order chi connectivity index (χ0) is 15.3. The first-order valence-electron chi connectivity index (χ1n) is 8.24. The second kappa shape index (κ2) is 7.63. The van der Waals surface area contributed by atoms with E-state index in [9.17, 15) is 0 Å². The van der Waals surface area contributed by atoms with Crippen LogP contribution in [0.3, 0.4) is 0 Å². The summed E-state index contributed by atoms with van der Waals surface area (Å²) in [5, 5.41) is 12.4. The van der Waals surface area contributed by atoms with Gasteiger partial charge in [-0.15, -0.1) is 10.2 Å². The zero-order valence-corrected chi connectivity index (χ0v) is 14.8. The minimum absolute atomic E-state index is 0.347. The molecular formula is C16H30N4S. The van der Waals surface area contributed by atoms with Crippen molar-refractivity contribution in [3.05, 3.63) is 11.6 Å². The minimum atomic E-state index is 0.347. The van der Waals surface area contributed by atoms with Crippen LogP contribution in [-0.4, -0.2) is 37.9 Å². The number of aryl methyl sites for hydroxylation is 1. The van der Waals surface area contributed by atoms with E-state index in [4.69, 9.17) is 0 Å². The van der Waals surface area contributed by atoms with Crippen molar-refractivity contribution in [3.8, 4) is 0 Å². The van der Waals surface area contributed by atoms with Gasteiger partial charge in [0.25, 0.3) is 0 Å². The Morgan fingerprint density at radius 2 is 2.05 bits per heavy atom. The molecular weight excluding hydrogens is 280 g/mol. The number of hydrogen-bond donors (Lipinski definition) is 1. The third kappa shape index (κ3) is 5.62. The molecule has 0 spiro atoms. The first-order valence-corrected chi connectivity index (χ1v) is 9.22. The van der Waals surface area contributed by atoms with Gasteiger partial charge < -0.3 is 9.88 Å². The second-order valence-corrected chi connectivity index (χ2v) is 8.87. The first-order chi connectivity index (χ1) is 9.96. The molecule has 2 rings (SSSR count). The highest BCUT2D eigenvalue weighted by molar-refractivity contribution is 8.00. The van der Waals surface area contributed by atoms with Gasteiger partial charge in [-0.25, -0.2) is 0 Å². The standard InChI is InChI=1S/C16H30N4S/c1-13(12-21-16(2,3)4)17-10-9-15-19-18-14-8-6-5-7-11-20(14)15/h13,17H,5-12H2,1-4H3/t13-/m1/s1. The number of hydrogen-bond acceptors (Lipinski definition) is 4. The summed E-state index contributed by atoms with van der Waals surface area (Å²) in [6.45, 7) is 11.2. The van der Waals surface area contributed by atoms with Gasteiger partial charge in [0.2, 0.25) is 0 Å². The average molecular weight is 311 g/mol. The van der Waals surface area contributed by atoms with Crippen LogP contribution in [0.5, 0.6) is 0 Å². The maximum atomic E-state index is 4.39. The van der Waals surface area contributed by atoms with Crippen molar-refractivity contribution in [2.75, 3.05) is 12.3 Å². The summed E-state index contributed by atoms with van der Waals surface area (Å²) in [7, 11) is 0. The molecule has 4 nitrogen and oxygen atoms in total. The monoisotopic (exact) mass is 310 g/mol. The molecule has 1 atom stereocenters. The van der Waals surface area contributed by atoms with E-state index in [2.05, 4.69) is 47.8 Å². The van der Waals surface area contributed by atoms with E-state index in [-0.39, 0.29) is 0 Å². The predicted molar refractivity (Wildman–Crippen MR) is 91.0 cm³/mol. The molecule has 0 fully saturated rings. The number of nitrogens with one attached hydrogen (secondary N) is 1. The molecule has 0 amide bonds. The molecule has 0 unspecified atom stereocenters. The lowest BCUT2D eigenvalue weighted by atomic mass is 10.2. The molecule has 2 heterocycles. The summed E-state index contributed by atoms with van der Waals surface area (Å²) < 4.78 is 2.70. The molecule has 5 heteroatoms. The van der Waals surface area contributed by atoms with Crippen LogP contribution in [-0.2, 0) is 19.4 Å². The molecule has 21 heavy (non-hydrogen) atoms. The van der Waals surface area contributed by atoms with Gasteiger partial charge in [0, 0.05) is 42.5 Å². The van der Waals surface area contributed by atoms with Gasteiger partial charge in [0.1, 0.15) is 11.6 Å². The molecule has 0 bridgehead atoms. The lowest BCUT2D eigenvalue weighted by molar-refractivity contribution is 0.559. The molecule has 0 aliphatic carbocycles. The Morgan fingerprint density at radius 3 is 2.81 bits per heavy atom. The fourth-order valence-corrected chi connectivity index (χ4v) is 3.46. The summed E-state index contributed by atoms with van der Waals surface area (Å²) in [6, 6.07) is 0.542. The van der Waals surface area contributed by atoms with Gasteiger partial charge >= 0.3 is 0 Å². The molecule has 0 aromatic carbocycles. The Kier molecular flexibility index (Phi) is 6.11. The van der Waals surface area contributed by atoms with E-state index < -0.39 is 0 Å². The van der Waals surface area contributed by atoms with Gasteiger partial charge in [-0.3, -0.25) is 0 Å². The van der Waals surface area contributed by atoms with Crippen LogP contribution in [0, 0.1) is 0 Å². The lowest BCUT2D eigenvalue weighted by Crippen LogP contribution is -2.32. The minimum Gasteiger partial charge on any atom is -0.315 e. The van der Waals surface area contributed by atoms with Crippen molar-refractivity contribution in [1.29, 1.82) is 0 Å². The highest BCUT2D eigenvalue weighted by atomic mass is 32.2. The Morgan fingerprint density at radius 1 is 1.24 bits per heavy atom. The highest BCUT2D eigenvalue weighted by Gasteiger charge is 2.15. The molecule has 1 aliphatic rings. The van der Waals surface area contributed by atoms with Crippen molar-refractivity contribution in [1.82, 2.24) is 20.1 Å². The predicted octanol–water partition coefficient (Wildman–Crippen LogP) is 3.06. The number of rotatable bonds is 6. The second-order valence-electron chi connectivity index (χ2n) is 7.02. The number of fused-ring (bicyclic) bond motifs is 1. The van der Waals surface area contributed by atoms with E-state index in [0.29, 0.717) is 10.8 Å². The number of aromatic nitrogens is 3. The smallest absolute Gasteiger partial charge is 0.134 e. The van der Waals surface area contributed by atoms with Crippen molar-refractivity contribution < 1.29 is 0 Å². The van der Waals surface area contributed by atoms with Gasteiger partial charge in [-0.05, 0) is 19.8 Å². The van der Waals surface area contributed by atoms with Crippen LogP contribution in [0.25, 0.3) is 0 Å². The Bertz CT molecular complexity index is 436. The molecule has 0 saturated carbocycles. The zero-order valence-electron chi connectivity index (χ0n) is 14.0. The Hall–Kier alpha value is -0.550. The summed E-state index contributed by atoms with van der Waals surface area (Å²) in [4.78, 5) is 0. The third-order valence-electron chi connectivity index (χ3n) is 3.79. The Balaban J connectivity index is 1.75. The topological polar surface area (TPSA) is 42.7 Å². The van der Waals surface area contributed by atoms with Crippen LogP contribution in [0.15, 0.2) is 0 Å². The van der Waals surface area contributed by atoms with Crippen LogP contribution < -0.4 is 5.32 Å². The molecule has 1 aliphatic heterocycles. The normalized spacial score (nSPS) is 17.3. The van der Waals surface area contributed by atoms with Crippen molar-refractivity contribution in [3.63, 3.8) is 0 Å². The largest absolute Gasteiger partial charge is 0.315 e. The van der Waals surface area contributed by atoms with Gasteiger partial charge in [-0.1, -0.05) is 27.2 Å². The van der Waals surface area contributed by atoms with Gasteiger partial charge in [0.05, 0.1) is 0 Å². The summed E-state index contributed by atoms with van der Waals surface area (Å²) in [6.07, 6.45) is 5.93. The molecule has 1 aromatic heterocycles. The number of nitrogens with zero attached hydrogens (tertiary/aromatic N) is 3. The van der Waals surface area contributed by atoms with Crippen LogP contribution >= 0.6 is 11.8 Å². The molecule has 0 radical (unpaired) electrons. The summed E-state index contributed by atoms with van der Waals surface area (Å²) in [5.74, 6) is 3.51.